The third kappa shape index (κ3) is 3.93. The zero-order valence-electron chi connectivity index (χ0n) is 10.4. The van der Waals surface area contributed by atoms with Crippen LogP contribution in [0.5, 0.6) is 0 Å². The summed E-state index contributed by atoms with van der Waals surface area (Å²) in [6.45, 7) is 10.6. The van der Waals surface area contributed by atoms with Gasteiger partial charge in [-0.2, -0.15) is 0 Å². The molecule has 1 aromatic rings. The van der Waals surface area contributed by atoms with E-state index < -0.39 is 0 Å². The van der Waals surface area contributed by atoms with Crippen LogP contribution in [0.25, 0.3) is 0 Å². The van der Waals surface area contributed by atoms with Gasteiger partial charge in [0.15, 0.2) is 0 Å². The highest BCUT2D eigenvalue weighted by atomic mass is 32.2. The van der Waals surface area contributed by atoms with Crippen molar-refractivity contribution in [3.8, 4) is 0 Å². The van der Waals surface area contributed by atoms with E-state index in [0.717, 1.165) is 17.9 Å². The Kier molecular flexibility index (Phi) is 5.47. The van der Waals surface area contributed by atoms with Crippen molar-refractivity contribution >= 4 is 11.8 Å². The largest absolute Gasteiger partial charge is 0.378 e. The van der Waals surface area contributed by atoms with Gasteiger partial charge in [-0.3, -0.25) is 0 Å². The highest BCUT2D eigenvalue weighted by Gasteiger charge is 2.04. The standard InChI is InChI=1S/C14H21NS/c1-5-11(3)15-12(4)16-14-10-8-7-9-13(14)6-2/h7-11,15H,4-6H2,1-3H3. The lowest BCUT2D eigenvalue weighted by Crippen LogP contribution is -2.22. The SMILES string of the molecule is C=C(NC(C)CC)Sc1ccccc1CC. The quantitative estimate of drug-likeness (QED) is 0.742. The van der Waals surface area contributed by atoms with Crippen molar-refractivity contribution in [1.82, 2.24) is 5.32 Å². The van der Waals surface area contributed by atoms with Crippen LogP contribution >= 0.6 is 11.8 Å². The lowest BCUT2D eigenvalue weighted by molar-refractivity contribution is 0.614. The maximum Gasteiger partial charge on any atom is 0.0658 e. The molecule has 0 aliphatic carbocycles. The van der Waals surface area contributed by atoms with Crippen LogP contribution in [0.4, 0.5) is 0 Å². The predicted octanol–water partition coefficient (Wildman–Crippen LogP) is 4.20. The lowest BCUT2D eigenvalue weighted by atomic mass is 10.2. The lowest BCUT2D eigenvalue weighted by Gasteiger charge is -2.15. The van der Waals surface area contributed by atoms with Gasteiger partial charge in [-0.05, 0) is 31.4 Å². The number of hydrogen-bond acceptors (Lipinski definition) is 2. The molecule has 0 fully saturated rings. The first kappa shape index (κ1) is 13.2. The van der Waals surface area contributed by atoms with Crippen LogP contribution in [0.2, 0.25) is 0 Å². The summed E-state index contributed by atoms with van der Waals surface area (Å²) in [6.07, 6.45) is 2.19. The van der Waals surface area contributed by atoms with E-state index in [4.69, 9.17) is 0 Å². The molecule has 1 unspecified atom stereocenters. The van der Waals surface area contributed by atoms with Crippen LogP contribution in [0.3, 0.4) is 0 Å². The second-order valence-electron chi connectivity index (χ2n) is 3.94. The molecule has 0 aliphatic heterocycles. The fraction of sp³-hybridized carbons (Fsp3) is 0.429. The van der Waals surface area contributed by atoms with Gasteiger partial charge in [0.1, 0.15) is 0 Å². The first-order valence-electron chi connectivity index (χ1n) is 5.88. The molecule has 1 nitrogen and oxygen atoms in total. The smallest absolute Gasteiger partial charge is 0.0658 e. The van der Waals surface area contributed by atoms with Crippen molar-refractivity contribution in [3.63, 3.8) is 0 Å². The van der Waals surface area contributed by atoms with Crippen molar-refractivity contribution in [2.45, 2.75) is 44.6 Å². The molecule has 1 aromatic carbocycles. The van der Waals surface area contributed by atoms with Crippen LogP contribution in [0, 0.1) is 0 Å². The summed E-state index contributed by atoms with van der Waals surface area (Å²) in [5.74, 6) is 0. The first-order valence-corrected chi connectivity index (χ1v) is 6.70. The zero-order chi connectivity index (χ0) is 12.0. The summed E-state index contributed by atoms with van der Waals surface area (Å²) >= 11 is 1.73. The second kappa shape index (κ2) is 6.64. The Hall–Kier alpha value is -0.890. The molecule has 0 bridgehead atoms. The molecule has 0 amide bonds. The minimum atomic E-state index is 0.494. The van der Waals surface area contributed by atoms with Crippen LogP contribution < -0.4 is 5.32 Å². The highest BCUT2D eigenvalue weighted by Crippen LogP contribution is 2.27. The number of rotatable bonds is 6. The van der Waals surface area contributed by atoms with Crippen LogP contribution in [0.15, 0.2) is 40.8 Å². The van der Waals surface area contributed by atoms with Crippen molar-refractivity contribution in [2.24, 2.45) is 0 Å². The summed E-state index contributed by atoms with van der Waals surface area (Å²) in [6, 6.07) is 9.01. The minimum absolute atomic E-state index is 0.494. The molecule has 0 radical (unpaired) electrons. The summed E-state index contributed by atoms with van der Waals surface area (Å²) in [4.78, 5) is 1.31. The third-order valence-electron chi connectivity index (χ3n) is 2.61. The monoisotopic (exact) mass is 235 g/mol. The van der Waals surface area contributed by atoms with E-state index in [2.05, 4.69) is 56.9 Å². The van der Waals surface area contributed by atoms with E-state index in [9.17, 15) is 0 Å². The van der Waals surface area contributed by atoms with Gasteiger partial charge in [0.25, 0.3) is 0 Å². The highest BCUT2D eigenvalue weighted by molar-refractivity contribution is 8.03. The van der Waals surface area contributed by atoms with Gasteiger partial charge in [-0.1, -0.05) is 50.4 Å². The average Bonchev–Trinajstić information content (AvgIpc) is 2.29. The fourth-order valence-corrected chi connectivity index (χ4v) is 2.45. The van der Waals surface area contributed by atoms with E-state index in [1.807, 2.05) is 0 Å². The van der Waals surface area contributed by atoms with Crippen molar-refractivity contribution in [1.29, 1.82) is 0 Å². The summed E-state index contributed by atoms with van der Waals surface area (Å²) in [7, 11) is 0. The van der Waals surface area contributed by atoms with Gasteiger partial charge in [-0.15, -0.1) is 0 Å². The van der Waals surface area contributed by atoms with E-state index in [1.165, 1.54) is 10.5 Å². The predicted molar refractivity (Wildman–Crippen MR) is 73.7 cm³/mol. The normalized spacial score (nSPS) is 12.2. The molecule has 0 saturated carbocycles. The molecule has 0 aromatic heterocycles. The Morgan fingerprint density at radius 1 is 1.38 bits per heavy atom. The van der Waals surface area contributed by atoms with Gasteiger partial charge in [0.2, 0.25) is 0 Å². The summed E-state index contributed by atoms with van der Waals surface area (Å²) < 4.78 is 0. The Labute approximate surface area is 103 Å². The number of aryl methyl sites for hydroxylation is 1. The van der Waals surface area contributed by atoms with E-state index >= 15 is 0 Å². The summed E-state index contributed by atoms with van der Waals surface area (Å²) in [5.41, 5.74) is 1.39. The van der Waals surface area contributed by atoms with Gasteiger partial charge >= 0.3 is 0 Å². The Balaban J connectivity index is 2.62. The average molecular weight is 235 g/mol. The molecule has 16 heavy (non-hydrogen) atoms. The van der Waals surface area contributed by atoms with Crippen molar-refractivity contribution < 1.29 is 0 Å². The number of thioether (sulfide) groups is 1. The molecule has 2 heteroatoms. The minimum Gasteiger partial charge on any atom is -0.378 e. The second-order valence-corrected chi connectivity index (χ2v) is 5.08. The number of hydrogen-bond donors (Lipinski definition) is 1. The van der Waals surface area contributed by atoms with Gasteiger partial charge < -0.3 is 5.32 Å². The maximum atomic E-state index is 4.07. The van der Waals surface area contributed by atoms with Gasteiger partial charge in [-0.25, -0.2) is 0 Å². The zero-order valence-corrected chi connectivity index (χ0v) is 11.2. The summed E-state index contributed by atoms with van der Waals surface area (Å²) in [5, 5.41) is 4.44. The molecule has 0 spiro atoms. The van der Waals surface area contributed by atoms with Crippen molar-refractivity contribution in [3.05, 3.63) is 41.4 Å². The molecule has 88 valence electrons. The Morgan fingerprint density at radius 3 is 2.69 bits per heavy atom. The van der Waals surface area contributed by atoms with E-state index in [0.29, 0.717) is 6.04 Å². The van der Waals surface area contributed by atoms with Crippen molar-refractivity contribution in [2.75, 3.05) is 0 Å². The van der Waals surface area contributed by atoms with Crippen LogP contribution in [0.1, 0.15) is 32.8 Å². The van der Waals surface area contributed by atoms with E-state index in [1.54, 1.807) is 11.8 Å². The fourth-order valence-electron chi connectivity index (χ4n) is 1.43. The van der Waals surface area contributed by atoms with Gasteiger partial charge in [0, 0.05) is 10.9 Å². The number of benzene rings is 1. The Bertz CT molecular complexity index is 346. The maximum absolute atomic E-state index is 4.07. The molecule has 0 aliphatic rings. The molecule has 1 atom stereocenters. The van der Waals surface area contributed by atoms with Crippen LogP contribution in [-0.4, -0.2) is 6.04 Å². The Morgan fingerprint density at radius 2 is 2.06 bits per heavy atom. The first-order chi connectivity index (χ1) is 7.67. The number of nitrogens with one attached hydrogen (secondary N) is 1. The molecule has 1 N–H and O–H groups in total. The molecule has 0 heterocycles. The molecule has 0 saturated heterocycles. The molecule has 1 rings (SSSR count). The van der Waals surface area contributed by atoms with Crippen LogP contribution in [-0.2, 0) is 6.42 Å². The molecular formula is C14H21NS. The van der Waals surface area contributed by atoms with Gasteiger partial charge in [0.05, 0.1) is 5.03 Å². The third-order valence-corrected chi connectivity index (χ3v) is 3.59. The van der Waals surface area contributed by atoms with E-state index in [-0.39, 0.29) is 0 Å². The molecular weight excluding hydrogens is 214 g/mol. The topological polar surface area (TPSA) is 12.0 Å².